The van der Waals surface area contributed by atoms with Crippen LogP contribution in [0, 0.1) is 0 Å². The number of piperidine rings is 2. The Morgan fingerprint density at radius 3 is 1.65 bits per heavy atom. The van der Waals surface area contributed by atoms with Gasteiger partial charge >= 0.3 is 0 Å². The van der Waals surface area contributed by atoms with Gasteiger partial charge in [0.25, 0.3) is 0 Å². The molecule has 1 unspecified atom stereocenters. The molecule has 0 amide bonds. The van der Waals surface area contributed by atoms with Crippen molar-refractivity contribution in [3.63, 3.8) is 0 Å². The predicted octanol–water partition coefficient (Wildman–Crippen LogP) is 2.89. The average molecular weight is 329 g/mol. The first-order valence-corrected chi connectivity index (χ1v) is 9.12. The van der Waals surface area contributed by atoms with Gasteiger partial charge in [-0.3, -0.25) is 0 Å². The smallest absolute Gasteiger partial charge is 0.0197 e. The Bertz CT molecular complexity index is 249. The van der Waals surface area contributed by atoms with Crippen molar-refractivity contribution >= 4 is 0 Å². The molecular formula is C19H44N4. The summed E-state index contributed by atoms with van der Waals surface area (Å²) in [5, 5.41) is 14.0. The zero-order chi connectivity index (χ0) is 16.6. The fourth-order valence-corrected chi connectivity index (χ4v) is 3.17. The maximum absolute atomic E-state index is 3.62. The van der Waals surface area contributed by atoms with Crippen LogP contribution in [0.15, 0.2) is 0 Å². The maximum atomic E-state index is 3.62. The van der Waals surface area contributed by atoms with E-state index in [-0.39, 0.29) is 18.5 Å². The van der Waals surface area contributed by atoms with Crippen LogP contribution < -0.4 is 21.3 Å². The molecule has 2 aliphatic rings. The molecule has 4 heteroatoms. The van der Waals surface area contributed by atoms with Gasteiger partial charge in [-0.2, -0.15) is 0 Å². The van der Waals surface area contributed by atoms with Gasteiger partial charge in [0, 0.05) is 29.7 Å². The minimum Gasteiger partial charge on any atom is -0.317 e. The van der Waals surface area contributed by atoms with Gasteiger partial charge < -0.3 is 21.3 Å². The molecule has 23 heavy (non-hydrogen) atoms. The van der Waals surface area contributed by atoms with E-state index in [1.54, 1.807) is 0 Å². The van der Waals surface area contributed by atoms with Crippen molar-refractivity contribution in [2.75, 3.05) is 26.2 Å². The maximum Gasteiger partial charge on any atom is 0.0197 e. The van der Waals surface area contributed by atoms with Gasteiger partial charge in [-0.15, -0.1) is 0 Å². The van der Waals surface area contributed by atoms with Crippen molar-refractivity contribution in [3.8, 4) is 0 Å². The van der Waals surface area contributed by atoms with Crippen LogP contribution in [0.1, 0.15) is 74.7 Å². The van der Waals surface area contributed by atoms with Gasteiger partial charge in [0.1, 0.15) is 0 Å². The van der Waals surface area contributed by atoms with E-state index in [9.17, 15) is 0 Å². The first kappa shape index (κ1) is 22.8. The van der Waals surface area contributed by atoms with Gasteiger partial charge in [-0.1, -0.05) is 7.43 Å². The van der Waals surface area contributed by atoms with Crippen LogP contribution in [0.5, 0.6) is 0 Å². The van der Waals surface area contributed by atoms with Crippen molar-refractivity contribution in [3.05, 3.63) is 0 Å². The Hall–Kier alpha value is -0.160. The molecule has 2 rings (SSSR count). The summed E-state index contributed by atoms with van der Waals surface area (Å²) in [4.78, 5) is 0. The Labute approximate surface area is 146 Å². The van der Waals surface area contributed by atoms with Crippen molar-refractivity contribution in [2.45, 2.75) is 97.8 Å². The molecule has 2 heterocycles. The molecule has 0 aromatic heterocycles. The van der Waals surface area contributed by atoms with E-state index in [1.807, 2.05) is 0 Å². The lowest BCUT2D eigenvalue weighted by Crippen LogP contribution is -2.50. The summed E-state index contributed by atoms with van der Waals surface area (Å²) in [6.45, 7) is 18.0. The molecule has 2 aliphatic heterocycles. The van der Waals surface area contributed by atoms with Crippen LogP contribution in [0.2, 0.25) is 0 Å². The Kier molecular flexibility index (Phi) is 10.6. The quantitative estimate of drug-likeness (QED) is 0.629. The third-order valence-electron chi connectivity index (χ3n) is 3.91. The van der Waals surface area contributed by atoms with Crippen LogP contribution in [-0.2, 0) is 0 Å². The standard InChI is InChI=1S/2C9H20N2.CH4/c1-9(2,3)11-8-4-6-10-7-5-8;1-9(2,3)11-8-5-4-6-10-7-8;/h2*8,10-11H,4-7H2,1-3H3;1H4. The molecule has 140 valence electrons. The monoisotopic (exact) mass is 328 g/mol. The zero-order valence-electron chi connectivity index (χ0n) is 15.8. The van der Waals surface area contributed by atoms with Crippen molar-refractivity contribution < 1.29 is 0 Å². The van der Waals surface area contributed by atoms with Crippen LogP contribution in [-0.4, -0.2) is 49.3 Å². The SMILES string of the molecule is C.CC(C)(C)NC1CCCNC1.CC(C)(C)NC1CCNCC1. The molecule has 0 aromatic carbocycles. The van der Waals surface area contributed by atoms with Gasteiger partial charge in [0.2, 0.25) is 0 Å². The van der Waals surface area contributed by atoms with Gasteiger partial charge in [-0.05, 0) is 86.9 Å². The lowest BCUT2D eigenvalue weighted by atomic mass is 10.0. The number of rotatable bonds is 2. The highest BCUT2D eigenvalue weighted by atomic mass is 15.0. The molecule has 0 radical (unpaired) electrons. The molecule has 4 nitrogen and oxygen atoms in total. The molecule has 0 saturated carbocycles. The molecule has 0 spiro atoms. The minimum atomic E-state index is 0. The second-order valence-corrected chi connectivity index (χ2v) is 8.86. The van der Waals surface area contributed by atoms with E-state index < -0.39 is 0 Å². The molecule has 0 aromatic rings. The third kappa shape index (κ3) is 12.9. The highest BCUT2D eigenvalue weighted by Gasteiger charge is 2.19. The molecule has 2 fully saturated rings. The molecular weight excluding hydrogens is 284 g/mol. The van der Waals surface area contributed by atoms with E-state index >= 15 is 0 Å². The molecule has 2 saturated heterocycles. The second kappa shape index (κ2) is 10.7. The predicted molar refractivity (Wildman–Crippen MR) is 104 cm³/mol. The zero-order valence-corrected chi connectivity index (χ0v) is 15.8. The van der Waals surface area contributed by atoms with Gasteiger partial charge in [0.15, 0.2) is 0 Å². The van der Waals surface area contributed by atoms with E-state index in [1.165, 1.54) is 45.3 Å². The first-order chi connectivity index (χ1) is 10.2. The van der Waals surface area contributed by atoms with Crippen molar-refractivity contribution in [1.82, 2.24) is 21.3 Å². The summed E-state index contributed by atoms with van der Waals surface area (Å²) in [7, 11) is 0. The first-order valence-electron chi connectivity index (χ1n) is 9.12. The van der Waals surface area contributed by atoms with Crippen LogP contribution in [0.3, 0.4) is 0 Å². The van der Waals surface area contributed by atoms with E-state index in [0.29, 0.717) is 6.04 Å². The summed E-state index contributed by atoms with van der Waals surface area (Å²) < 4.78 is 0. The molecule has 1 atom stereocenters. The van der Waals surface area contributed by atoms with Crippen LogP contribution in [0.25, 0.3) is 0 Å². The lowest BCUT2D eigenvalue weighted by Gasteiger charge is -2.31. The topological polar surface area (TPSA) is 48.1 Å². The van der Waals surface area contributed by atoms with Crippen LogP contribution >= 0.6 is 0 Å². The highest BCUT2D eigenvalue weighted by molar-refractivity contribution is 4.82. The summed E-state index contributed by atoms with van der Waals surface area (Å²) >= 11 is 0. The summed E-state index contributed by atoms with van der Waals surface area (Å²) in [5.41, 5.74) is 0.547. The van der Waals surface area contributed by atoms with Gasteiger partial charge in [0.05, 0.1) is 0 Å². The van der Waals surface area contributed by atoms with E-state index in [0.717, 1.165) is 12.6 Å². The summed E-state index contributed by atoms with van der Waals surface area (Å²) in [6.07, 6.45) is 5.19. The van der Waals surface area contributed by atoms with E-state index in [4.69, 9.17) is 0 Å². The number of hydrogen-bond donors (Lipinski definition) is 4. The van der Waals surface area contributed by atoms with Crippen molar-refractivity contribution in [2.24, 2.45) is 0 Å². The fraction of sp³-hybridized carbons (Fsp3) is 1.00. The number of nitrogens with one attached hydrogen (secondary N) is 4. The Morgan fingerprint density at radius 1 is 0.696 bits per heavy atom. The van der Waals surface area contributed by atoms with Crippen molar-refractivity contribution in [1.29, 1.82) is 0 Å². The Balaban J connectivity index is 0.000000403. The minimum absolute atomic E-state index is 0. The summed E-state index contributed by atoms with van der Waals surface area (Å²) in [5.74, 6) is 0. The average Bonchev–Trinajstić information content (AvgIpc) is 2.38. The van der Waals surface area contributed by atoms with Crippen LogP contribution in [0.4, 0.5) is 0 Å². The molecule has 4 N–H and O–H groups in total. The molecule has 0 bridgehead atoms. The lowest BCUT2D eigenvalue weighted by molar-refractivity contribution is 0.304. The third-order valence-corrected chi connectivity index (χ3v) is 3.91. The normalized spacial score (nSPS) is 23.5. The fourth-order valence-electron chi connectivity index (χ4n) is 3.17. The molecule has 0 aliphatic carbocycles. The largest absolute Gasteiger partial charge is 0.317 e. The highest BCUT2D eigenvalue weighted by Crippen LogP contribution is 2.08. The van der Waals surface area contributed by atoms with Gasteiger partial charge in [-0.25, -0.2) is 0 Å². The van der Waals surface area contributed by atoms with E-state index in [2.05, 4.69) is 62.8 Å². The Morgan fingerprint density at radius 2 is 1.22 bits per heavy atom. The summed E-state index contributed by atoms with van der Waals surface area (Å²) in [6, 6.07) is 1.42. The number of hydrogen-bond acceptors (Lipinski definition) is 4. The second-order valence-electron chi connectivity index (χ2n) is 8.86.